The first-order valence-corrected chi connectivity index (χ1v) is 8.40. The standard InChI is InChI=1S/C16H22F3N3O6/c1-27-9-5-20-15(26)21-13(24)10-28-14(25)11-2-6-22(7-3-11)8-4-12(23)16(17,18)19/h4,8,11H,2-3,5-7,9-10H2,1H3,(H2,20,21,24,26)/b8-4+. The summed E-state index contributed by atoms with van der Waals surface area (Å²) in [6, 6.07) is -0.744. The second-order valence-corrected chi connectivity index (χ2v) is 5.89. The van der Waals surface area contributed by atoms with Gasteiger partial charge in [0.1, 0.15) is 0 Å². The minimum absolute atomic E-state index is 0.205. The molecular weight excluding hydrogens is 387 g/mol. The van der Waals surface area contributed by atoms with Crippen LogP contribution in [0.25, 0.3) is 0 Å². The highest BCUT2D eigenvalue weighted by molar-refractivity contribution is 5.95. The average Bonchev–Trinajstić information content (AvgIpc) is 2.64. The van der Waals surface area contributed by atoms with E-state index in [1.165, 1.54) is 12.0 Å². The summed E-state index contributed by atoms with van der Waals surface area (Å²) in [6.45, 7) is 0.369. The molecule has 0 unspecified atom stereocenters. The first-order valence-electron chi connectivity index (χ1n) is 8.40. The topological polar surface area (TPSA) is 114 Å². The number of methoxy groups -OCH3 is 1. The number of rotatable bonds is 8. The van der Waals surface area contributed by atoms with Gasteiger partial charge in [-0.1, -0.05) is 0 Å². The molecule has 158 valence electrons. The van der Waals surface area contributed by atoms with Crippen LogP contribution in [-0.2, 0) is 23.9 Å². The number of urea groups is 1. The largest absolute Gasteiger partial charge is 0.455 e. The number of likely N-dealkylation sites (tertiary alicyclic amines) is 1. The number of amides is 3. The normalized spacial score (nSPS) is 15.4. The number of ether oxygens (including phenoxy) is 2. The van der Waals surface area contributed by atoms with Gasteiger partial charge in [0.05, 0.1) is 12.5 Å². The van der Waals surface area contributed by atoms with Gasteiger partial charge in [-0.3, -0.25) is 19.7 Å². The van der Waals surface area contributed by atoms with Crippen molar-refractivity contribution in [3.63, 3.8) is 0 Å². The number of allylic oxidation sites excluding steroid dienone is 1. The molecule has 1 aliphatic heterocycles. The highest BCUT2D eigenvalue weighted by Gasteiger charge is 2.36. The number of alkyl halides is 3. The molecule has 1 aliphatic rings. The molecule has 1 rings (SSSR count). The molecule has 1 heterocycles. The molecule has 0 aromatic heterocycles. The summed E-state index contributed by atoms with van der Waals surface area (Å²) in [7, 11) is 1.45. The quantitative estimate of drug-likeness (QED) is 0.338. The van der Waals surface area contributed by atoms with Crippen molar-refractivity contribution in [1.82, 2.24) is 15.5 Å². The third kappa shape index (κ3) is 8.84. The maximum Gasteiger partial charge on any atom is 0.454 e. The van der Waals surface area contributed by atoms with E-state index in [4.69, 9.17) is 9.47 Å². The predicted octanol–water partition coefficient (Wildman–Crippen LogP) is 0.359. The molecule has 2 N–H and O–H groups in total. The number of carbonyl (C=O) groups excluding carboxylic acids is 4. The summed E-state index contributed by atoms with van der Waals surface area (Å²) in [5, 5.41) is 4.34. The van der Waals surface area contributed by atoms with Crippen molar-refractivity contribution in [2.24, 2.45) is 5.92 Å². The molecule has 0 atom stereocenters. The van der Waals surface area contributed by atoms with Gasteiger partial charge in [0.25, 0.3) is 11.7 Å². The van der Waals surface area contributed by atoms with Crippen molar-refractivity contribution in [3.05, 3.63) is 12.3 Å². The van der Waals surface area contributed by atoms with E-state index in [1.807, 2.05) is 5.32 Å². The lowest BCUT2D eigenvalue weighted by molar-refractivity contribution is -0.165. The SMILES string of the molecule is COCCNC(=O)NC(=O)COC(=O)C1CCN(/C=C/C(=O)C(F)(F)F)CC1. The molecule has 0 saturated carbocycles. The Kier molecular flexibility index (Phi) is 9.42. The third-order valence-electron chi connectivity index (χ3n) is 3.77. The Labute approximate surface area is 159 Å². The molecule has 0 aromatic carbocycles. The van der Waals surface area contributed by atoms with Crippen LogP contribution in [0, 0.1) is 5.92 Å². The van der Waals surface area contributed by atoms with E-state index >= 15 is 0 Å². The van der Waals surface area contributed by atoms with E-state index in [-0.39, 0.29) is 26.2 Å². The Morgan fingerprint density at radius 2 is 1.82 bits per heavy atom. The Morgan fingerprint density at radius 1 is 1.18 bits per heavy atom. The molecule has 1 fully saturated rings. The molecule has 1 saturated heterocycles. The molecule has 0 aromatic rings. The summed E-state index contributed by atoms with van der Waals surface area (Å²) in [5.74, 6) is -3.91. The van der Waals surface area contributed by atoms with Crippen molar-refractivity contribution < 1.29 is 41.8 Å². The predicted molar refractivity (Wildman–Crippen MR) is 88.9 cm³/mol. The molecule has 3 amide bonds. The number of nitrogens with zero attached hydrogens (tertiary/aromatic N) is 1. The second kappa shape index (κ2) is 11.3. The zero-order chi connectivity index (χ0) is 21.2. The average molecular weight is 409 g/mol. The van der Waals surface area contributed by atoms with Crippen molar-refractivity contribution in [1.29, 1.82) is 0 Å². The first kappa shape index (κ1) is 23.4. The van der Waals surface area contributed by atoms with Gasteiger partial charge in [0.2, 0.25) is 0 Å². The van der Waals surface area contributed by atoms with Crippen LogP contribution in [0.2, 0.25) is 0 Å². The van der Waals surface area contributed by atoms with Gasteiger partial charge in [-0.25, -0.2) is 4.79 Å². The Balaban J connectivity index is 2.29. The zero-order valence-corrected chi connectivity index (χ0v) is 15.2. The molecule has 9 nitrogen and oxygen atoms in total. The van der Waals surface area contributed by atoms with Crippen LogP contribution in [0.4, 0.5) is 18.0 Å². The van der Waals surface area contributed by atoms with E-state index < -0.39 is 42.4 Å². The Morgan fingerprint density at radius 3 is 2.39 bits per heavy atom. The molecule has 0 spiro atoms. The number of halogens is 3. The van der Waals surface area contributed by atoms with Gasteiger partial charge in [-0.2, -0.15) is 13.2 Å². The van der Waals surface area contributed by atoms with Gasteiger partial charge in [-0.05, 0) is 12.8 Å². The lowest BCUT2D eigenvalue weighted by Gasteiger charge is -2.29. The van der Waals surface area contributed by atoms with Crippen LogP contribution in [0.3, 0.4) is 0 Å². The first-order chi connectivity index (χ1) is 13.1. The molecule has 0 radical (unpaired) electrons. The van der Waals surface area contributed by atoms with Gasteiger partial charge >= 0.3 is 18.2 Å². The van der Waals surface area contributed by atoms with Gasteiger partial charge in [-0.15, -0.1) is 0 Å². The fraction of sp³-hybridized carbons (Fsp3) is 0.625. The van der Waals surface area contributed by atoms with E-state index in [1.54, 1.807) is 0 Å². The van der Waals surface area contributed by atoms with Crippen LogP contribution >= 0.6 is 0 Å². The van der Waals surface area contributed by atoms with Crippen molar-refractivity contribution in [2.75, 3.05) is 40.0 Å². The van der Waals surface area contributed by atoms with Crippen LogP contribution in [-0.4, -0.2) is 74.7 Å². The van der Waals surface area contributed by atoms with Crippen LogP contribution < -0.4 is 10.6 Å². The maximum atomic E-state index is 12.1. The van der Waals surface area contributed by atoms with Crippen molar-refractivity contribution in [2.45, 2.75) is 19.0 Å². The number of nitrogens with one attached hydrogen (secondary N) is 2. The molecular formula is C16H22F3N3O6. The van der Waals surface area contributed by atoms with Crippen LogP contribution in [0.15, 0.2) is 12.3 Å². The lowest BCUT2D eigenvalue weighted by Crippen LogP contribution is -2.43. The molecule has 12 heteroatoms. The summed E-state index contributed by atoms with van der Waals surface area (Å²) >= 11 is 0. The maximum absolute atomic E-state index is 12.1. The number of hydrogen-bond donors (Lipinski definition) is 2. The number of ketones is 1. The number of esters is 1. The molecule has 0 bridgehead atoms. The highest BCUT2D eigenvalue weighted by Crippen LogP contribution is 2.20. The minimum atomic E-state index is -4.92. The smallest absolute Gasteiger partial charge is 0.454 e. The van der Waals surface area contributed by atoms with Crippen LogP contribution in [0.5, 0.6) is 0 Å². The Bertz CT molecular complexity index is 601. The van der Waals surface area contributed by atoms with Gasteiger partial charge < -0.3 is 19.7 Å². The van der Waals surface area contributed by atoms with Gasteiger partial charge in [0.15, 0.2) is 6.61 Å². The van der Waals surface area contributed by atoms with Crippen LogP contribution in [0.1, 0.15) is 12.8 Å². The second-order valence-electron chi connectivity index (χ2n) is 5.89. The minimum Gasteiger partial charge on any atom is -0.455 e. The van der Waals surface area contributed by atoms with E-state index in [0.717, 1.165) is 6.20 Å². The summed E-state index contributed by atoms with van der Waals surface area (Å²) in [6.07, 6.45) is -2.83. The van der Waals surface area contributed by atoms with Gasteiger partial charge in [0, 0.05) is 39.0 Å². The zero-order valence-electron chi connectivity index (χ0n) is 15.2. The summed E-state index contributed by atoms with van der Waals surface area (Å²) in [4.78, 5) is 47.1. The fourth-order valence-corrected chi connectivity index (χ4v) is 2.28. The molecule has 28 heavy (non-hydrogen) atoms. The number of carbonyl (C=O) groups is 4. The fourth-order valence-electron chi connectivity index (χ4n) is 2.28. The Hall–Kier alpha value is -2.63. The highest BCUT2D eigenvalue weighted by atomic mass is 19.4. The monoisotopic (exact) mass is 409 g/mol. The lowest BCUT2D eigenvalue weighted by atomic mass is 9.97. The number of piperidine rings is 1. The summed E-state index contributed by atoms with van der Waals surface area (Å²) in [5.41, 5.74) is 0. The summed E-state index contributed by atoms with van der Waals surface area (Å²) < 4.78 is 46.0. The third-order valence-corrected chi connectivity index (χ3v) is 3.77. The van der Waals surface area contributed by atoms with E-state index in [0.29, 0.717) is 18.9 Å². The number of imide groups is 1. The van der Waals surface area contributed by atoms with Crippen molar-refractivity contribution in [3.8, 4) is 0 Å². The van der Waals surface area contributed by atoms with Crippen molar-refractivity contribution >= 4 is 23.7 Å². The van der Waals surface area contributed by atoms with E-state index in [2.05, 4.69) is 5.32 Å². The number of hydrogen-bond acceptors (Lipinski definition) is 7. The van der Waals surface area contributed by atoms with E-state index in [9.17, 15) is 32.3 Å². The molecule has 0 aliphatic carbocycles.